The summed E-state index contributed by atoms with van der Waals surface area (Å²) >= 11 is 0. The van der Waals surface area contributed by atoms with Crippen LogP contribution in [0, 0.1) is 0 Å². The third kappa shape index (κ3) is 2.16. The zero-order chi connectivity index (χ0) is 18.5. The number of fused-ring (bicyclic) bond motifs is 4. The molecule has 132 valence electrons. The molecule has 1 N–H and O–H groups in total. The molecular weight excluding hydrogens is 348 g/mol. The molecule has 0 fully saturated rings. The highest BCUT2D eigenvalue weighted by molar-refractivity contribution is 6.06. The van der Waals surface area contributed by atoms with E-state index in [-0.39, 0.29) is 0 Å². The largest absolute Gasteiger partial charge is 0.456 e. The molecule has 0 amide bonds. The van der Waals surface area contributed by atoms with Gasteiger partial charge in [-0.3, -0.25) is 4.98 Å². The number of pyridine rings is 1. The Kier molecular flexibility index (Phi) is 3.10. The average molecular weight is 362 g/mol. The standard InChI is InChI=1S/C23H14N4O/c1-3-7-19-15(5-1)17(11-12-24-19)23-22(25-27-26-23)14-9-10-21-18(13-14)16-6-2-4-8-20(16)28-21/h1-13H,(H,25,26,27). The number of aromatic amines is 1. The first-order valence-electron chi connectivity index (χ1n) is 9.05. The van der Waals surface area contributed by atoms with Crippen molar-refractivity contribution in [1.82, 2.24) is 20.4 Å². The molecular formula is C23H14N4O. The predicted molar refractivity (Wildman–Crippen MR) is 110 cm³/mol. The maximum Gasteiger partial charge on any atom is 0.135 e. The molecule has 0 saturated heterocycles. The Morgan fingerprint density at radius 1 is 0.679 bits per heavy atom. The Hall–Kier alpha value is -3.99. The van der Waals surface area contributed by atoms with Gasteiger partial charge in [-0.15, -0.1) is 0 Å². The Labute approximate surface area is 159 Å². The molecule has 0 bridgehead atoms. The summed E-state index contributed by atoms with van der Waals surface area (Å²) in [5.41, 5.74) is 6.30. The smallest absolute Gasteiger partial charge is 0.135 e. The van der Waals surface area contributed by atoms with Crippen LogP contribution in [0.15, 0.2) is 83.4 Å². The molecule has 0 aliphatic rings. The number of para-hydroxylation sites is 2. The van der Waals surface area contributed by atoms with E-state index in [2.05, 4.69) is 38.6 Å². The lowest BCUT2D eigenvalue weighted by Gasteiger charge is -2.05. The van der Waals surface area contributed by atoms with Crippen molar-refractivity contribution in [1.29, 1.82) is 0 Å². The van der Waals surface area contributed by atoms with Gasteiger partial charge < -0.3 is 4.42 Å². The molecule has 6 aromatic rings. The molecule has 0 spiro atoms. The molecule has 0 atom stereocenters. The number of nitrogens with one attached hydrogen (secondary N) is 1. The van der Waals surface area contributed by atoms with Gasteiger partial charge in [0.15, 0.2) is 0 Å². The molecule has 3 aromatic heterocycles. The summed E-state index contributed by atoms with van der Waals surface area (Å²) < 4.78 is 5.95. The second kappa shape index (κ2) is 5.76. The maximum absolute atomic E-state index is 5.95. The molecule has 0 aliphatic heterocycles. The van der Waals surface area contributed by atoms with E-state index < -0.39 is 0 Å². The van der Waals surface area contributed by atoms with E-state index in [4.69, 9.17) is 4.42 Å². The van der Waals surface area contributed by atoms with Crippen molar-refractivity contribution in [2.75, 3.05) is 0 Å². The van der Waals surface area contributed by atoms with Crippen LogP contribution in [0.5, 0.6) is 0 Å². The second-order valence-electron chi connectivity index (χ2n) is 6.71. The predicted octanol–water partition coefficient (Wildman–Crippen LogP) is 5.59. The van der Waals surface area contributed by atoms with E-state index in [0.29, 0.717) is 0 Å². The molecule has 0 saturated carbocycles. The van der Waals surface area contributed by atoms with Gasteiger partial charge in [0.1, 0.15) is 22.6 Å². The van der Waals surface area contributed by atoms with Gasteiger partial charge in [0.05, 0.1) is 5.52 Å². The Bertz CT molecular complexity index is 1470. The van der Waals surface area contributed by atoms with Crippen LogP contribution < -0.4 is 0 Å². The highest BCUT2D eigenvalue weighted by Gasteiger charge is 2.16. The van der Waals surface area contributed by atoms with E-state index in [1.807, 2.05) is 60.8 Å². The number of aromatic nitrogens is 4. The molecule has 3 aromatic carbocycles. The summed E-state index contributed by atoms with van der Waals surface area (Å²) in [6.07, 6.45) is 1.81. The quantitative estimate of drug-likeness (QED) is 0.436. The van der Waals surface area contributed by atoms with Crippen molar-refractivity contribution in [3.63, 3.8) is 0 Å². The van der Waals surface area contributed by atoms with Crippen LogP contribution in [0.25, 0.3) is 55.4 Å². The lowest BCUT2D eigenvalue weighted by molar-refractivity contribution is 0.669. The fraction of sp³-hybridized carbons (Fsp3) is 0. The minimum atomic E-state index is 0.809. The van der Waals surface area contributed by atoms with Gasteiger partial charge in [0.25, 0.3) is 0 Å². The van der Waals surface area contributed by atoms with Gasteiger partial charge in [-0.2, -0.15) is 15.4 Å². The number of nitrogens with zero attached hydrogens (tertiary/aromatic N) is 3. The molecule has 0 unspecified atom stereocenters. The fourth-order valence-electron chi connectivity index (χ4n) is 3.80. The lowest BCUT2D eigenvalue weighted by atomic mass is 10.0. The van der Waals surface area contributed by atoms with Crippen LogP contribution in [0.2, 0.25) is 0 Å². The normalized spacial score (nSPS) is 11.6. The molecule has 0 aliphatic carbocycles. The monoisotopic (exact) mass is 362 g/mol. The van der Waals surface area contributed by atoms with Gasteiger partial charge >= 0.3 is 0 Å². The first kappa shape index (κ1) is 15.1. The number of furan rings is 1. The number of H-pyrrole nitrogens is 1. The summed E-state index contributed by atoms with van der Waals surface area (Å²) in [5, 5.41) is 14.9. The first-order valence-corrected chi connectivity index (χ1v) is 9.05. The van der Waals surface area contributed by atoms with Gasteiger partial charge in [0.2, 0.25) is 0 Å². The van der Waals surface area contributed by atoms with Crippen molar-refractivity contribution in [3.05, 3.63) is 79.0 Å². The number of benzene rings is 3. The summed E-state index contributed by atoms with van der Waals surface area (Å²) in [7, 11) is 0. The van der Waals surface area contributed by atoms with Gasteiger partial charge in [0, 0.05) is 33.5 Å². The van der Waals surface area contributed by atoms with Gasteiger partial charge in [-0.1, -0.05) is 36.4 Å². The third-order valence-electron chi connectivity index (χ3n) is 5.10. The molecule has 5 heteroatoms. The number of hydrogen-bond donors (Lipinski definition) is 1. The zero-order valence-electron chi connectivity index (χ0n) is 14.8. The zero-order valence-corrected chi connectivity index (χ0v) is 14.8. The van der Waals surface area contributed by atoms with Crippen LogP contribution in [-0.4, -0.2) is 20.4 Å². The van der Waals surface area contributed by atoms with E-state index in [0.717, 1.165) is 55.4 Å². The summed E-state index contributed by atoms with van der Waals surface area (Å²) in [5.74, 6) is 0. The Morgan fingerprint density at radius 3 is 2.43 bits per heavy atom. The minimum Gasteiger partial charge on any atom is -0.456 e. The van der Waals surface area contributed by atoms with Crippen molar-refractivity contribution < 1.29 is 4.42 Å². The number of rotatable bonds is 2. The maximum atomic E-state index is 5.95. The summed E-state index contributed by atoms with van der Waals surface area (Å²) in [6, 6.07) is 24.2. The van der Waals surface area contributed by atoms with Crippen molar-refractivity contribution in [2.45, 2.75) is 0 Å². The third-order valence-corrected chi connectivity index (χ3v) is 5.10. The van der Waals surface area contributed by atoms with Gasteiger partial charge in [-0.05, 0) is 36.4 Å². The average Bonchev–Trinajstić information content (AvgIpc) is 3.37. The van der Waals surface area contributed by atoms with E-state index in [9.17, 15) is 0 Å². The summed E-state index contributed by atoms with van der Waals surface area (Å²) in [4.78, 5) is 4.45. The van der Waals surface area contributed by atoms with E-state index >= 15 is 0 Å². The lowest BCUT2D eigenvalue weighted by Crippen LogP contribution is -1.87. The van der Waals surface area contributed by atoms with Crippen molar-refractivity contribution >= 4 is 32.8 Å². The van der Waals surface area contributed by atoms with Crippen LogP contribution >= 0.6 is 0 Å². The van der Waals surface area contributed by atoms with E-state index in [1.165, 1.54) is 0 Å². The van der Waals surface area contributed by atoms with Crippen LogP contribution in [-0.2, 0) is 0 Å². The van der Waals surface area contributed by atoms with Crippen molar-refractivity contribution in [3.8, 4) is 22.5 Å². The Morgan fingerprint density at radius 2 is 1.46 bits per heavy atom. The van der Waals surface area contributed by atoms with E-state index in [1.54, 1.807) is 0 Å². The molecule has 3 heterocycles. The number of hydrogen-bond acceptors (Lipinski definition) is 4. The highest BCUT2D eigenvalue weighted by atomic mass is 16.3. The molecule has 0 radical (unpaired) electrons. The first-order chi connectivity index (χ1) is 13.9. The van der Waals surface area contributed by atoms with Crippen LogP contribution in [0.3, 0.4) is 0 Å². The SMILES string of the molecule is c1ccc2c(-c3n[nH]nc3-c3ccc4oc5ccccc5c4c3)ccnc2c1. The molecule has 5 nitrogen and oxygen atoms in total. The topological polar surface area (TPSA) is 67.6 Å². The summed E-state index contributed by atoms with van der Waals surface area (Å²) in [6.45, 7) is 0. The second-order valence-corrected chi connectivity index (χ2v) is 6.71. The molecule has 6 rings (SSSR count). The molecule has 28 heavy (non-hydrogen) atoms. The fourth-order valence-corrected chi connectivity index (χ4v) is 3.80. The van der Waals surface area contributed by atoms with Crippen LogP contribution in [0.4, 0.5) is 0 Å². The highest BCUT2D eigenvalue weighted by Crippen LogP contribution is 2.36. The Balaban J connectivity index is 1.59. The van der Waals surface area contributed by atoms with Crippen LogP contribution in [0.1, 0.15) is 0 Å². The van der Waals surface area contributed by atoms with Crippen molar-refractivity contribution in [2.24, 2.45) is 0 Å². The minimum absolute atomic E-state index is 0.809. The van der Waals surface area contributed by atoms with Gasteiger partial charge in [-0.25, -0.2) is 0 Å².